The van der Waals surface area contributed by atoms with Crippen molar-refractivity contribution in [3.63, 3.8) is 0 Å². The predicted molar refractivity (Wildman–Crippen MR) is 59.8 cm³/mol. The van der Waals surface area contributed by atoms with Crippen LogP contribution in [0.15, 0.2) is 0 Å². The fourth-order valence-electron chi connectivity index (χ4n) is 0.872. The molecular weight excluding hydrogens is 218 g/mol. The fraction of sp³-hybridized carbons (Fsp3) is 1.00. The van der Waals surface area contributed by atoms with E-state index in [0.29, 0.717) is 26.2 Å². The first-order chi connectivity index (χ1) is 6.98. The van der Waals surface area contributed by atoms with E-state index in [4.69, 9.17) is 5.11 Å². The highest BCUT2D eigenvalue weighted by Crippen LogP contribution is 1.78. The molecular formula is C8H21N3O3S. The van der Waals surface area contributed by atoms with Crippen LogP contribution < -0.4 is 14.8 Å². The molecule has 0 bridgehead atoms. The van der Waals surface area contributed by atoms with E-state index in [1.54, 1.807) is 6.92 Å². The van der Waals surface area contributed by atoms with E-state index in [2.05, 4.69) is 14.8 Å². The predicted octanol–water partition coefficient (Wildman–Crippen LogP) is -1.21. The van der Waals surface area contributed by atoms with Crippen molar-refractivity contribution < 1.29 is 13.5 Å². The normalized spacial score (nSPS) is 14.1. The molecule has 0 spiro atoms. The molecule has 0 aromatic rings. The van der Waals surface area contributed by atoms with Crippen LogP contribution in [0, 0.1) is 0 Å². The molecule has 0 aromatic carbocycles. The highest BCUT2D eigenvalue weighted by molar-refractivity contribution is 7.87. The monoisotopic (exact) mass is 239 g/mol. The zero-order chi connectivity index (χ0) is 11.7. The molecule has 0 amide bonds. The summed E-state index contributed by atoms with van der Waals surface area (Å²) in [5.41, 5.74) is 0. The van der Waals surface area contributed by atoms with Crippen molar-refractivity contribution in [1.29, 1.82) is 0 Å². The summed E-state index contributed by atoms with van der Waals surface area (Å²) in [7, 11) is -3.35. The van der Waals surface area contributed by atoms with Gasteiger partial charge in [-0.3, -0.25) is 0 Å². The lowest BCUT2D eigenvalue weighted by Crippen LogP contribution is -2.41. The van der Waals surface area contributed by atoms with Crippen molar-refractivity contribution in [2.45, 2.75) is 26.4 Å². The van der Waals surface area contributed by atoms with E-state index in [0.717, 1.165) is 6.42 Å². The van der Waals surface area contributed by atoms with Crippen molar-refractivity contribution in [2.75, 3.05) is 26.2 Å². The molecule has 92 valence electrons. The Bertz CT molecular complexity index is 242. The van der Waals surface area contributed by atoms with Crippen molar-refractivity contribution in [3.8, 4) is 0 Å². The summed E-state index contributed by atoms with van der Waals surface area (Å²) in [5.74, 6) is 0. The second kappa shape index (κ2) is 8.00. The van der Waals surface area contributed by atoms with E-state index >= 15 is 0 Å². The summed E-state index contributed by atoms with van der Waals surface area (Å²) in [6, 6.07) is 0. The Balaban J connectivity index is 3.49. The number of aliphatic hydroxyl groups excluding tert-OH is 1. The van der Waals surface area contributed by atoms with Crippen molar-refractivity contribution in [1.82, 2.24) is 14.8 Å². The molecule has 0 aliphatic heterocycles. The molecule has 4 N–H and O–H groups in total. The molecule has 0 saturated heterocycles. The Labute approximate surface area is 91.6 Å². The Hall–Kier alpha value is -0.210. The maximum atomic E-state index is 11.2. The van der Waals surface area contributed by atoms with Gasteiger partial charge in [-0.1, -0.05) is 6.92 Å². The van der Waals surface area contributed by atoms with E-state index in [9.17, 15) is 8.42 Å². The maximum Gasteiger partial charge on any atom is 0.276 e. The lowest BCUT2D eigenvalue weighted by Gasteiger charge is -2.09. The average Bonchev–Trinajstić information content (AvgIpc) is 2.14. The van der Waals surface area contributed by atoms with Crippen molar-refractivity contribution in [2.24, 2.45) is 0 Å². The van der Waals surface area contributed by atoms with Gasteiger partial charge in [-0.05, 0) is 13.3 Å². The lowest BCUT2D eigenvalue weighted by molar-refractivity contribution is 0.192. The highest BCUT2D eigenvalue weighted by Gasteiger charge is 2.06. The smallest absolute Gasteiger partial charge is 0.276 e. The van der Waals surface area contributed by atoms with E-state index < -0.39 is 16.3 Å². The summed E-state index contributed by atoms with van der Waals surface area (Å²) in [6.07, 6.45) is 0.348. The third-order valence-corrected chi connectivity index (χ3v) is 2.74. The lowest BCUT2D eigenvalue weighted by atomic mass is 10.4. The SMILES string of the molecule is CCCNS(=O)(=O)NCCNCC(C)O. The topological polar surface area (TPSA) is 90.5 Å². The number of hydrogen-bond acceptors (Lipinski definition) is 4. The van der Waals surface area contributed by atoms with E-state index in [1.165, 1.54) is 0 Å². The first kappa shape index (κ1) is 14.8. The molecule has 0 heterocycles. The Kier molecular flexibility index (Phi) is 7.89. The summed E-state index contributed by atoms with van der Waals surface area (Å²) in [6.45, 7) is 5.27. The first-order valence-electron chi connectivity index (χ1n) is 5.11. The van der Waals surface area contributed by atoms with Gasteiger partial charge in [0.2, 0.25) is 0 Å². The Morgan fingerprint density at radius 1 is 1.20 bits per heavy atom. The first-order valence-corrected chi connectivity index (χ1v) is 6.59. The van der Waals surface area contributed by atoms with Gasteiger partial charge in [-0.25, -0.2) is 9.44 Å². The Morgan fingerprint density at radius 2 is 1.80 bits per heavy atom. The summed E-state index contributed by atoms with van der Waals surface area (Å²) in [5, 5.41) is 11.8. The van der Waals surface area contributed by atoms with Crippen LogP contribution in [0.3, 0.4) is 0 Å². The molecule has 1 unspecified atom stereocenters. The zero-order valence-electron chi connectivity index (χ0n) is 9.28. The van der Waals surface area contributed by atoms with Gasteiger partial charge in [0.25, 0.3) is 10.2 Å². The summed E-state index contributed by atoms with van der Waals surface area (Å²) in [4.78, 5) is 0. The van der Waals surface area contributed by atoms with Gasteiger partial charge >= 0.3 is 0 Å². The molecule has 0 aliphatic carbocycles. The van der Waals surface area contributed by atoms with Crippen LogP contribution >= 0.6 is 0 Å². The highest BCUT2D eigenvalue weighted by atomic mass is 32.2. The third kappa shape index (κ3) is 10.1. The number of nitrogens with one attached hydrogen (secondary N) is 3. The minimum atomic E-state index is -3.35. The van der Waals surface area contributed by atoms with Crippen molar-refractivity contribution in [3.05, 3.63) is 0 Å². The van der Waals surface area contributed by atoms with Gasteiger partial charge in [-0.15, -0.1) is 0 Å². The van der Waals surface area contributed by atoms with Crippen LogP contribution in [-0.4, -0.2) is 45.8 Å². The quantitative estimate of drug-likeness (QED) is 0.380. The molecule has 0 fully saturated rings. The molecule has 0 rings (SSSR count). The van der Waals surface area contributed by atoms with Gasteiger partial charge in [0, 0.05) is 26.2 Å². The molecule has 0 aliphatic rings. The van der Waals surface area contributed by atoms with Crippen LogP contribution in [0.5, 0.6) is 0 Å². The third-order valence-electron chi connectivity index (χ3n) is 1.58. The number of rotatable bonds is 9. The van der Waals surface area contributed by atoms with Gasteiger partial charge in [0.15, 0.2) is 0 Å². The summed E-state index contributed by atoms with van der Waals surface area (Å²) >= 11 is 0. The minimum absolute atomic E-state index is 0.311. The second-order valence-electron chi connectivity index (χ2n) is 3.35. The van der Waals surface area contributed by atoms with Gasteiger partial charge in [0.05, 0.1) is 6.10 Å². The van der Waals surface area contributed by atoms with Gasteiger partial charge in [0.1, 0.15) is 0 Å². The molecule has 0 saturated carbocycles. The fourth-order valence-corrected chi connectivity index (χ4v) is 1.82. The largest absolute Gasteiger partial charge is 0.392 e. The molecule has 7 heteroatoms. The van der Waals surface area contributed by atoms with Crippen LogP contribution in [0.1, 0.15) is 20.3 Å². The second-order valence-corrected chi connectivity index (χ2v) is 4.93. The van der Waals surface area contributed by atoms with E-state index in [1.807, 2.05) is 6.92 Å². The minimum Gasteiger partial charge on any atom is -0.392 e. The number of hydrogen-bond donors (Lipinski definition) is 4. The standard InChI is InChI=1S/C8H21N3O3S/c1-3-4-10-15(13,14)11-6-5-9-7-8(2)12/h8-12H,3-7H2,1-2H3. The zero-order valence-corrected chi connectivity index (χ0v) is 10.1. The number of aliphatic hydroxyl groups is 1. The van der Waals surface area contributed by atoms with Gasteiger partial charge < -0.3 is 10.4 Å². The van der Waals surface area contributed by atoms with Crippen LogP contribution in [0.2, 0.25) is 0 Å². The molecule has 0 aromatic heterocycles. The van der Waals surface area contributed by atoms with E-state index in [-0.39, 0.29) is 0 Å². The molecule has 6 nitrogen and oxygen atoms in total. The van der Waals surface area contributed by atoms with Crippen LogP contribution in [0.4, 0.5) is 0 Å². The molecule has 0 radical (unpaired) electrons. The van der Waals surface area contributed by atoms with Crippen molar-refractivity contribution >= 4 is 10.2 Å². The summed E-state index contributed by atoms with van der Waals surface area (Å²) < 4.78 is 27.2. The average molecular weight is 239 g/mol. The molecule has 1 atom stereocenters. The Morgan fingerprint density at radius 3 is 2.33 bits per heavy atom. The van der Waals surface area contributed by atoms with Gasteiger partial charge in [-0.2, -0.15) is 8.42 Å². The molecule has 15 heavy (non-hydrogen) atoms. The van der Waals surface area contributed by atoms with Crippen LogP contribution in [-0.2, 0) is 10.2 Å². The van der Waals surface area contributed by atoms with Crippen LogP contribution in [0.25, 0.3) is 0 Å². The maximum absolute atomic E-state index is 11.2.